The van der Waals surface area contributed by atoms with Crippen LogP contribution in [0.1, 0.15) is 31.5 Å². The van der Waals surface area contributed by atoms with Crippen molar-refractivity contribution >= 4 is 22.9 Å². The van der Waals surface area contributed by atoms with Crippen LogP contribution in [-0.2, 0) is 12.0 Å². The van der Waals surface area contributed by atoms with Crippen LogP contribution in [0.4, 0.5) is 0 Å². The Labute approximate surface area is 103 Å². The summed E-state index contributed by atoms with van der Waals surface area (Å²) in [6.45, 7) is 6.96. The van der Waals surface area contributed by atoms with Crippen LogP contribution in [0.15, 0.2) is 12.1 Å². The first-order valence-electron chi connectivity index (χ1n) is 4.97. The molecule has 0 aliphatic carbocycles. The zero-order chi connectivity index (χ0) is 11.8. The van der Waals surface area contributed by atoms with Crippen LogP contribution in [0.2, 0.25) is 4.34 Å². The number of thiophene rings is 1. The lowest BCUT2D eigenvalue weighted by atomic mass is 9.96. The molecule has 0 bridgehead atoms. The molecule has 0 aromatic carbocycles. The maximum atomic E-state index is 5.89. The lowest BCUT2D eigenvalue weighted by Crippen LogP contribution is -2.20. The second kappa shape index (κ2) is 4.14. The number of hydrogen-bond donors (Lipinski definition) is 0. The van der Waals surface area contributed by atoms with Crippen molar-refractivity contribution in [1.29, 1.82) is 0 Å². The fraction of sp³-hybridized carbons (Fsp3) is 0.500. The largest absolute Gasteiger partial charge is 0.224 e. The lowest BCUT2D eigenvalue weighted by molar-refractivity contribution is 0.492. The Kier molecular flexibility index (Phi) is 2.99. The SMILES string of the molecule is CC(C)(C)c1nnnn1Cc1ccc(Cl)s1. The summed E-state index contributed by atoms with van der Waals surface area (Å²) in [5, 5.41) is 11.8. The van der Waals surface area contributed by atoms with E-state index in [1.165, 1.54) is 0 Å². The van der Waals surface area contributed by atoms with Gasteiger partial charge in [-0.25, -0.2) is 4.68 Å². The Bertz CT molecular complexity index is 483. The van der Waals surface area contributed by atoms with Gasteiger partial charge in [0.15, 0.2) is 5.82 Å². The standard InChI is InChI=1S/C10H13ClN4S/c1-10(2,3)9-12-13-14-15(9)6-7-4-5-8(11)16-7/h4-5H,6H2,1-3H3. The second-order valence-corrected chi connectivity index (χ2v) is 6.42. The Balaban J connectivity index is 2.25. The van der Waals surface area contributed by atoms with E-state index in [0.29, 0.717) is 6.54 Å². The molecule has 0 amide bonds. The molecule has 0 unspecified atom stereocenters. The highest BCUT2D eigenvalue weighted by atomic mass is 35.5. The average Bonchev–Trinajstić information content (AvgIpc) is 2.74. The smallest absolute Gasteiger partial charge is 0.156 e. The number of rotatable bonds is 2. The van der Waals surface area contributed by atoms with E-state index in [1.54, 1.807) is 11.3 Å². The zero-order valence-corrected chi connectivity index (χ0v) is 11.0. The van der Waals surface area contributed by atoms with E-state index >= 15 is 0 Å². The highest BCUT2D eigenvalue weighted by Gasteiger charge is 2.22. The summed E-state index contributed by atoms with van der Waals surface area (Å²) < 4.78 is 2.61. The van der Waals surface area contributed by atoms with Crippen molar-refractivity contribution in [3.8, 4) is 0 Å². The van der Waals surface area contributed by atoms with Crippen LogP contribution in [0.5, 0.6) is 0 Å². The molecule has 0 fully saturated rings. The molecule has 0 spiro atoms. The monoisotopic (exact) mass is 256 g/mol. The molecule has 0 saturated carbocycles. The van der Waals surface area contributed by atoms with Gasteiger partial charge in [-0.05, 0) is 22.6 Å². The average molecular weight is 257 g/mol. The molecular formula is C10H13ClN4S. The van der Waals surface area contributed by atoms with Crippen molar-refractivity contribution in [1.82, 2.24) is 20.2 Å². The highest BCUT2D eigenvalue weighted by molar-refractivity contribution is 7.16. The van der Waals surface area contributed by atoms with E-state index in [1.807, 2.05) is 16.8 Å². The van der Waals surface area contributed by atoms with Gasteiger partial charge in [-0.2, -0.15) is 0 Å². The van der Waals surface area contributed by atoms with E-state index in [2.05, 4.69) is 36.3 Å². The van der Waals surface area contributed by atoms with Gasteiger partial charge in [0.1, 0.15) is 0 Å². The molecule has 6 heteroatoms. The molecule has 0 atom stereocenters. The topological polar surface area (TPSA) is 43.6 Å². The summed E-state index contributed by atoms with van der Waals surface area (Å²) in [7, 11) is 0. The number of aromatic nitrogens is 4. The van der Waals surface area contributed by atoms with E-state index in [-0.39, 0.29) is 5.41 Å². The molecule has 0 N–H and O–H groups in total. The summed E-state index contributed by atoms with van der Waals surface area (Å²) in [5.41, 5.74) is -0.0510. The van der Waals surface area contributed by atoms with Gasteiger partial charge in [-0.3, -0.25) is 0 Å². The maximum absolute atomic E-state index is 5.89. The number of hydrogen-bond acceptors (Lipinski definition) is 4. The first-order valence-corrected chi connectivity index (χ1v) is 6.17. The van der Waals surface area contributed by atoms with Crippen molar-refractivity contribution in [3.63, 3.8) is 0 Å². The van der Waals surface area contributed by atoms with Gasteiger partial charge in [-0.1, -0.05) is 32.4 Å². The molecule has 16 heavy (non-hydrogen) atoms. The van der Waals surface area contributed by atoms with Crippen LogP contribution in [0.3, 0.4) is 0 Å². The van der Waals surface area contributed by atoms with Crippen molar-refractivity contribution in [3.05, 3.63) is 27.2 Å². The van der Waals surface area contributed by atoms with Gasteiger partial charge >= 0.3 is 0 Å². The van der Waals surface area contributed by atoms with E-state index in [4.69, 9.17) is 11.6 Å². The molecular weight excluding hydrogens is 244 g/mol. The summed E-state index contributed by atoms with van der Waals surface area (Å²) in [5.74, 6) is 0.886. The summed E-state index contributed by atoms with van der Waals surface area (Å²) >= 11 is 7.44. The molecule has 2 aromatic rings. The normalized spacial score (nSPS) is 12.0. The van der Waals surface area contributed by atoms with Gasteiger partial charge in [0.25, 0.3) is 0 Å². The Morgan fingerprint density at radius 2 is 2.12 bits per heavy atom. The maximum Gasteiger partial charge on any atom is 0.156 e. The van der Waals surface area contributed by atoms with Crippen molar-refractivity contribution < 1.29 is 0 Å². The third-order valence-corrected chi connectivity index (χ3v) is 3.35. The van der Waals surface area contributed by atoms with Crippen LogP contribution in [0.25, 0.3) is 0 Å². The lowest BCUT2D eigenvalue weighted by Gasteiger charge is -2.16. The molecule has 2 aromatic heterocycles. The summed E-state index contributed by atoms with van der Waals surface area (Å²) in [6, 6.07) is 3.89. The molecule has 0 aliphatic rings. The van der Waals surface area contributed by atoms with E-state index in [9.17, 15) is 0 Å². The molecule has 0 aliphatic heterocycles. The van der Waals surface area contributed by atoms with Gasteiger partial charge in [0, 0.05) is 10.3 Å². The van der Waals surface area contributed by atoms with Gasteiger partial charge in [0.05, 0.1) is 10.9 Å². The third kappa shape index (κ3) is 2.41. The first kappa shape index (κ1) is 11.5. The van der Waals surface area contributed by atoms with Crippen molar-refractivity contribution in [2.24, 2.45) is 0 Å². The fourth-order valence-corrected chi connectivity index (χ4v) is 2.50. The molecule has 86 valence electrons. The second-order valence-electron chi connectivity index (χ2n) is 4.62. The van der Waals surface area contributed by atoms with Crippen LogP contribution in [-0.4, -0.2) is 20.2 Å². The van der Waals surface area contributed by atoms with Gasteiger partial charge in [0.2, 0.25) is 0 Å². The molecule has 2 heterocycles. The molecule has 0 radical (unpaired) electrons. The Morgan fingerprint density at radius 3 is 2.69 bits per heavy atom. The highest BCUT2D eigenvalue weighted by Crippen LogP contribution is 2.24. The minimum absolute atomic E-state index is 0.0510. The van der Waals surface area contributed by atoms with Crippen molar-refractivity contribution in [2.45, 2.75) is 32.7 Å². The first-order chi connectivity index (χ1) is 7.47. The Morgan fingerprint density at radius 1 is 1.38 bits per heavy atom. The number of tetrazole rings is 1. The van der Waals surface area contributed by atoms with Gasteiger partial charge < -0.3 is 0 Å². The molecule has 2 rings (SSSR count). The predicted octanol–water partition coefficient (Wildman–Crippen LogP) is 2.73. The van der Waals surface area contributed by atoms with Crippen LogP contribution in [0, 0.1) is 0 Å². The third-order valence-electron chi connectivity index (χ3n) is 2.14. The summed E-state index contributed by atoms with van der Waals surface area (Å²) in [4.78, 5) is 1.16. The minimum Gasteiger partial charge on any atom is -0.224 e. The predicted molar refractivity (Wildman–Crippen MR) is 64.9 cm³/mol. The van der Waals surface area contributed by atoms with Gasteiger partial charge in [-0.15, -0.1) is 16.4 Å². The fourth-order valence-electron chi connectivity index (χ4n) is 1.43. The minimum atomic E-state index is -0.0510. The summed E-state index contributed by atoms with van der Waals surface area (Å²) in [6.07, 6.45) is 0. The number of nitrogens with zero attached hydrogens (tertiary/aromatic N) is 4. The molecule has 0 saturated heterocycles. The molecule has 4 nitrogen and oxygen atoms in total. The van der Waals surface area contributed by atoms with E-state index < -0.39 is 0 Å². The van der Waals surface area contributed by atoms with E-state index in [0.717, 1.165) is 15.0 Å². The quantitative estimate of drug-likeness (QED) is 0.830. The van der Waals surface area contributed by atoms with Crippen LogP contribution < -0.4 is 0 Å². The number of halogens is 1. The van der Waals surface area contributed by atoms with Crippen molar-refractivity contribution in [2.75, 3.05) is 0 Å². The Hall–Kier alpha value is -0.940. The zero-order valence-electron chi connectivity index (χ0n) is 9.44. The van der Waals surface area contributed by atoms with Crippen LogP contribution >= 0.6 is 22.9 Å².